The minimum atomic E-state index is -1.08. The smallest absolute Gasteiger partial charge is 0.179 e. The monoisotopic (exact) mass is 229 g/mol. The van der Waals surface area contributed by atoms with Crippen LogP contribution in [0.2, 0.25) is 0 Å². The third kappa shape index (κ3) is 2.53. The van der Waals surface area contributed by atoms with Gasteiger partial charge in [0.2, 0.25) is 0 Å². The van der Waals surface area contributed by atoms with Crippen LogP contribution >= 0.6 is 0 Å². The van der Waals surface area contributed by atoms with Crippen molar-refractivity contribution >= 4 is 0 Å². The number of benzene rings is 2. The predicted octanol–water partition coefficient (Wildman–Crippen LogP) is 3.88. The second kappa shape index (κ2) is 5.11. The normalized spacial score (nSPS) is 12.7. The standard InChI is InChI=1S/C15H16FN/c1-17(2)15(16)14-11-7-6-10-13(14)12-8-4-3-5-9-12/h3-11,15H,1-2H3. The minimum Gasteiger partial charge on any atom is -0.276 e. The summed E-state index contributed by atoms with van der Waals surface area (Å²) in [7, 11) is 3.48. The zero-order valence-electron chi connectivity index (χ0n) is 10.1. The highest BCUT2D eigenvalue weighted by Crippen LogP contribution is 2.30. The molecule has 2 rings (SSSR count). The predicted molar refractivity (Wildman–Crippen MR) is 69.4 cm³/mol. The summed E-state index contributed by atoms with van der Waals surface area (Å²) in [5, 5.41) is 0. The SMILES string of the molecule is CN(C)C(F)c1ccccc1-c1ccccc1. The van der Waals surface area contributed by atoms with Gasteiger partial charge < -0.3 is 0 Å². The maximum Gasteiger partial charge on any atom is 0.179 e. The molecule has 0 radical (unpaired) electrons. The molecule has 0 amide bonds. The van der Waals surface area contributed by atoms with E-state index in [1.165, 1.54) is 0 Å². The van der Waals surface area contributed by atoms with E-state index in [1.807, 2.05) is 54.6 Å². The van der Waals surface area contributed by atoms with Crippen LogP contribution < -0.4 is 0 Å². The Morgan fingerprint density at radius 2 is 1.47 bits per heavy atom. The van der Waals surface area contributed by atoms with Crippen LogP contribution in [0.5, 0.6) is 0 Å². The van der Waals surface area contributed by atoms with Crippen LogP contribution in [0.4, 0.5) is 4.39 Å². The third-order valence-electron chi connectivity index (χ3n) is 2.76. The number of hydrogen-bond donors (Lipinski definition) is 0. The Hall–Kier alpha value is -1.67. The van der Waals surface area contributed by atoms with Gasteiger partial charge in [0, 0.05) is 5.56 Å². The number of rotatable bonds is 3. The van der Waals surface area contributed by atoms with Crippen molar-refractivity contribution < 1.29 is 4.39 Å². The van der Waals surface area contributed by atoms with E-state index < -0.39 is 6.30 Å². The lowest BCUT2D eigenvalue weighted by molar-refractivity contribution is 0.140. The first kappa shape index (κ1) is 11.8. The largest absolute Gasteiger partial charge is 0.276 e. The molecule has 0 heterocycles. The number of nitrogens with zero attached hydrogens (tertiary/aromatic N) is 1. The lowest BCUT2D eigenvalue weighted by Crippen LogP contribution is -2.16. The van der Waals surface area contributed by atoms with E-state index >= 15 is 0 Å². The average molecular weight is 229 g/mol. The van der Waals surface area contributed by atoms with Gasteiger partial charge in [0.05, 0.1) is 0 Å². The summed E-state index contributed by atoms with van der Waals surface area (Å²) in [5.41, 5.74) is 2.71. The summed E-state index contributed by atoms with van der Waals surface area (Å²) in [5.74, 6) is 0. The van der Waals surface area contributed by atoms with Crippen LogP contribution in [0.3, 0.4) is 0 Å². The van der Waals surface area contributed by atoms with E-state index in [1.54, 1.807) is 19.0 Å². The Labute approximate surface area is 102 Å². The van der Waals surface area contributed by atoms with Crippen molar-refractivity contribution in [1.29, 1.82) is 0 Å². The molecule has 0 spiro atoms. The van der Waals surface area contributed by atoms with Gasteiger partial charge in [-0.2, -0.15) is 0 Å². The van der Waals surface area contributed by atoms with Gasteiger partial charge in [-0.1, -0.05) is 54.6 Å². The molecule has 0 saturated carbocycles. The van der Waals surface area contributed by atoms with Gasteiger partial charge in [0.25, 0.3) is 0 Å². The van der Waals surface area contributed by atoms with Crippen molar-refractivity contribution in [2.75, 3.05) is 14.1 Å². The Bertz CT molecular complexity index is 479. The molecule has 17 heavy (non-hydrogen) atoms. The maximum atomic E-state index is 14.1. The second-order valence-electron chi connectivity index (χ2n) is 4.25. The van der Waals surface area contributed by atoms with Crippen molar-refractivity contribution in [3.8, 4) is 11.1 Å². The third-order valence-corrected chi connectivity index (χ3v) is 2.76. The van der Waals surface area contributed by atoms with Crippen LogP contribution in [0.1, 0.15) is 11.9 Å². The lowest BCUT2D eigenvalue weighted by atomic mass is 9.99. The Kier molecular flexibility index (Phi) is 3.55. The highest BCUT2D eigenvalue weighted by molar-refractivity contribution is 5.67. The van der Waals surface area contributed by atoms with Gasteiger partial charge in [-0.15, -0.1) is 0 Å². The van der Waals surface area contributed by atoms with Gasteiger partial charge in [-0.3, -0.25) is 4.90 Å². The molecule has 0 aliphatic heterocycles. The Morgan fingerprint density at radius 3 is 2.12 bits per heavy atom. The molecule has 0 bridgehead atoms. The van der Waals surface area contributed by atoms with Gasteiger partial charge in [-0.25, -0.2) is 4.39 Å². The average Bonchev–Trinajstić information content (AvgIpc) is 2.39. The molecule has 1 nitrogen and oxygen atoms in total. The van der Waals surface area contributed by atoms with E-state index in [4.69, 9.17) is 0 Å². The molecule has 1 atom stereocenters. The summed E-state index contributed by atoms with van der Waals surface area (Å²) in [4.78, 5) is 1.57. The fraction of sp³-hybridized carbons (Fsp3) is 0.200. The molecule has 0 aromatic heterocycles. The molecule has 0 aliphatic rings. The van der Waals surface area contributed by atoms with Crippen molar-refractivity contribution in [3.63, 3.8) is 0 Å². The summed E-state index contributed by atoms with van der Waals surface area (Å²) >= 11 is 0. The number of hydrogen-bond acceptors (Lipinski definition) is 1. The van der Waals surface area contributed by atoms with Crippen molar-refractivity contribution in [3.05, 3.63) is 60.2 Å². The van der Waals surface area contributed by atoms with Crippen LogP contribution in [-0.4, -0.2) is 19.0 Å². The molecule has 1 unspecified atom stereocenters. The molecule has 0 aliphatic carbocycles. The summed E-state index contributed by atoms with van der Waals surface area (Å²) < 4.78 is 14.1. The molecular formula is C15H16FN. The van der Waals surface area contributed by atoms with E-state index in [-0.39, 0.29) is 0 Å². The van der Waals surface area contributed by atoms with Crippen LogP contribution in [0.15, 0.2) is 54.6 Å². The summed E-state index contributed by atoms with van der Waals surface area (Å²) in [6.45, 7) is 0. The number of alkyl halides is 1. The van der Waals surface area contributed by atoms with Crippen molar-refractivity contribution in [2.45, 2.75) is 6.30 Å². The summed E-state index contributed by atoms with van der Waals surface area (Å²) in [6.07, 6.45) is -1.08. The highest BCUT2D eigenvalue weighted by atomic mass is 19.1. The zero-order chi connectivity index (χ0) is 12.3. The van der Waals surface area contributed by atoms with Crippen LogP contribution in [-0.2, 0) is 0 Å². The van der Waals surface area contributed by atoms with Crippen molar-refractivity contribution in [1.82, 2.24) is 4.90 Å². The Morgan fingerprint density at radius 1 is 0.882 bits per heavy atom. The minimum absolute atomic E-state index is 0.712. The van der Waals surface area contributed by atoms with E-state index in [9.17, 15) is 4.39 Å². The van der Waals surface area contributed by atoms with Gasteiger partial charge >= 0.3 is 0 Å². The van der Waals surface area contributed by atoms with E-state index in [2.05, 4.69) is 0 Å². The first-order chi connectivity index (χ1) is 8.20. The molecule has 2 heteroatoms. The quantitative estimate of drug-likeness (QED) is 0.722. The fourth-order valence-electron chi connectivity index (χ4n) is 1.86. The maximum absolute atomic E-state index is 14.1. The molecule has 2 aromatic rings. The van der Waals surface area contributed by atoms with Gasteiger partial charge in [0.15, 0.2) is 6.30 Å². The zero-order valence-corrected chi connectivity index (χ0v) is 10.1. The second-order valence-corrected chi connectivity index (χ2v) is 4.25. The molecule has 2 aromatic carbocycles. The van der Waals surface area contributed by atoms with Crippen LogP contribution in [0, 0.1) is 0 Å². The fourth-order valence-corrected chi connectivity index (χ4v) is 1.86. The lowest BCUT2D eigenvalue weighted by Gasteiger charge is -2.19. The molecule has 0 N–H and O–H groups in total. The van der Waals surface area contributed by atoms with Crippen LogP contribution in [0.25, 0.3) is 11.1 Å². The van der Waals surface area contributed by atoms with Crippen molar-refractivity contribution in [2.24, 2.45) is 0 Å². The Balaban J connectivity index is 2.48. The summed E-state index contributed by atoms with van der Waals surface area (Å²) in [6, 6.07) is 17.5. The van der Waals surface area contributed by atoms with Gasteiger partial charge in [-0.05, 0) is 25.2 Å². The van der Waals surface area contributed by atoms with Gasteiger partial charge in [0.1, 0.15) is 0 Å². The molecular weight excluding hydrogens is 213 g/mol. The van der Waals surface area contributed by atoms with E-state index in [0.717, 1.165) is 11.1 Å². The topological polar surface area (TPSA) is 3.24 Å². The number of halogens is 1. The molecule has 0 fully saturated rings. The first-order valence-corrected chi connectivity index (χ1v) is 5.65. The molecule has 0 saturated heterocycles. The molecule has 88 valence electrons. The first-order valence-electron chi connectivity index (χ1n) is 5.65. The highest BCUT2D eigenvalue weighted by Gasteiger charge is 2.16. The van der Waals surface area contributed by atoms with E-state index in [0.29, 0.717) is 5.56 Å².